The zero-order valence-corrected chi connectivity index (χ0v) is 6.70. The van der Waals surface area contributed by atoms with Gasteiger partial charge < -0.3 is 0 Å². The molecule has 1 aromatic heterocycles. The van der Waals surface area contributed by atoms with E-state index in [0.717, 1.165) is 12.2 Å². The van der Waals surface area contributed by atoms with Gasteiger partial charge in [-0.3, -0.25) is 0 Å². The van der Waals surface area contributed by atoms with E-state index in [1.807, 2.05) is 11.6 Å². The van der Waals surface area contributed by atoms with E-state index in [2.05, 4.69) is 24.2 Å². The monoisotopic (exact) mass is 139 g/mol. The van der Waals surface area contributed by atoms with Gasteiger partial charge in [-0.05, 0) is 12.8 Å². The van der Waals surface area contributed by atoms with Crippen LogP contribution in [0.3, 0.4) is 0 Å². The van der Waals surface area contributed by atoms with E-state index in [1.165, 1.54) is 0 Å². The predicted molar refractivity (Wildman–Crippen MR) is 39.6 cm³/mol. The lowest BCUT2D eigenvalue weighted by molar-refractivity contribution is 0.464. The number of rotatable bonds is 2. The number of nitrogens with zero attached hydrogens (tertiary/aromatic N) is 3. The van der Waals surface area contributed by atoms with Crippen LogP contribution in [0.4, 0.5) is 0 Å². The molecule has 0 atom stereocenters. The summed E-state index contributed by atoms with van der Waals surface area (Å²) in [6.07, 6.45) is 1.78. The van der Waals surface area contributed by atoms with Crippen molar-refractivity contribution < 1.29 is 0 Å². The van der Waals surface area contributed by atoms with E-state index < -0.39 is 0 Å². The Morgan fingerprint density at radius 1 is 1.60 bits per heavy atom. The fourth-order valence-corrected chi connectivity index (χ4v) is 0.835. The molecule has 0 aromatic carbocycles. The molecule has 3 nitrogen and oxygen atoms in total. The van der Waals surface area contributed by atoms with Gasteiger partial charge in [0.15, 0.2) is 0 Å². The Labute approximate surface area is 61.1 Å². The Morgan fingerprint density at radius 3 is 2.70 bits per heavy atom. The second-order valence-corrected chi connectivity index (χ2v) is 2.95. The van der Waals surface area contributed by atoms with Gasteiger partial charge in [0, 0.05) is 6.54 Å². The van der Waals surface area contributed by atoms with Gasteiger partial charge in [0.05, 0.1) is 11.9 Å². The summed E-state index contributed by atoms with van der Waals surface area (Å²) in [6, 6.07) is 0. The molecule has 1 heterocycles. The van der Waals surface area contributed by atoms with Crippen molar-refractivity contribution in [2.75, 3.05) is 0 Å². The minimum atomic E-state index is 0.639. The van der Waals surface area contributed by atoms with Gasteiger partial charge in [-0.2, -0.15) is 0 Å². The van der Waals surface area contributed by atoms with Crippen molar-refractivity contribution in [1.82, 2.24) is 15.0 Å². The van der Waals surface area contributed by atoms with Crippen molar-refractivity contribution in [3.63, 3.8) is 0 Å². The molecule has 1 rings (SSSR count). The maximum Gasteiger partial charge on any atom is 0.0722 e. The lowest BCUT2D eigenvalue weighted by atomic mass is 10.2. The molecule has 0 saturated carbocycles. The molecule has 0 aliphatic rings. The van der Waals surface area contributed by atoms with Crippen LogP contribution in [0, 0.1) is 12.8 Å². The van der Waals surface area contributed by atoms with Crippen LogP contribution < -0.4 is 0 Å². The van der Waals surface area contributed by atoms with Crippen molar-refractivity contribution >= 4 is 0 Å². The zero-order chi connectivity index (χ0) is 7.56. The quantitative estimate of drug-likeness (QED) is 0.617. The minimum Gasteiger partial charge on any atom is -0.249 e. The van der Waals surface area contributed by atoms with E-state index in [-0.39, 0.29) is 0 Å². The van der Waals surface area contributed by atoms with Gasteiger partial charge in [-0.25, -0.2) is 4.68 Å². The molecule has 0 amide bonds. The first kappa shape index (κ1) is 7.25. The minimum absolute atomic E-state index is 0.639. The zero-order valence-electron chi connectivity index (χ0n) is 6.70. The summed E-state index contributed by atoms with van der Waals surface area (Å²) in [5.41, 5.74) is 1.13. The average molecular weight is 139 g/mol. The molecule has 0 aliphatic heterocycles. The Morgan fingerprint density at radius 2 is 2.30 bits per heavy atom. The molecule has 3 heteroatoms. The maximum atomic E-state index is 3.92. The Bertz CT molecular complexity index is 202. The summed E-state index contributed by atoms with van der Waals surface area (Å²) in [4.78, 5) is 0. The number of hydrogen-bond acceptors (Lipinski definition) is 2. The molecule has 0 saturated heterocycles. The number of aryl methyl sites for hydroxylation is 1. The normalized spacial score (nSPS) is 10.8. The fraction of sp³-hybridized carbons (Fsp3) is 0.714. The third-order valence-corrected chi connectivity index (χ3v) is 1.35. The standard InChI is InChI=1S/C7H13N3/c1-6(2)5-10-7(3)4-8-9-10/h4,6H,5H2,1-3H3. The lowest BCUT2D eigenvalue weighted by Crippen LogP contribution is -2.07. The Balaban J connectivity index is 2.65. The van der Waals surface area contributed by atoms with Crippen molar-refractivity contribution in [2.45, 2.75) is 27.3 Å². The third-order valence-electron chi connectivity index (χ3n) is 1.35. The van der Waals surface area contributed by atoms with Crippen LogP contribution in [0.25, 0.3) is 0 Å². The van der Waals surface area contributed by atoms with E-state index in [1.54, 1.807) is 6.20 Å². The van der Waals surface area contributed by atoms with E-state index in [0.29, 0.717) is 5.92 Å². The summed E-state index contributed by atoms with van der Waals surface area (Å²) >= 11 is 0. The van der Waals surface area contributed by atoms with E-state index in [4.69, 9.17) is 0 Å². The van der Waals surface area contributed by atoms with Crippen LogP contribution >= 0.6 is 0 Å². The second kappa shape index (κ2) is 2.82. The molecule has 0 aliphatic carbocycles. The highest BCUT2D eigenvalue weighted by Crippen LogP contribution is 1.99. The highest BCUT2D eigenvalue weighted by Gasteiger charge is 1.99. The topological polar surface area (TPSA) is 30.7 Å². The molecule has 56 valence electrons. The van der Waals surface area contributed by atoms with Gasteiger partial charge >= 0.3 is 0 Å². The molecule has 0 radical (unpaired) electrons. The molecule has 0 spiro atoms. The van der Waals surface area contributed by atoms with Crippen molar-refractivity contribution in [3.05, 3.63) is 11.9 Å². The molecule has 0 bridgehead atoms. The smallest absolute Gasteiger partial charge is 0.0722 e. The highest BCUT2D eigenvalue weighted by molar-refractivity contribution is 4.88. The molecule has 0 unspecified atom stereocenters. The highest BCUT2D eigenvalue weighted by atomic mass is 15.4. The van der Waals surface area contributed by atoms with Gasteiger partial charge in [-0.1, -0.05) is 19.1 Å². The number of aromatic nitrogens is 3. The SMILES string of the molecule is Cc1cnnn1CC(C)C. The number of hydrogen-bond donors (Lipinski definition) is 0. The summed E-state index contributed by atoms with van der Waals surface area (Å²) in [7, 11) is 0. The van der Waals surface area contributed by atoms with Gasteiger partial charge in [0.1, 0.15) is 0 Å². The van der Waals surface area contributed by atoms with Gasteiger partial charge in [0.2, 0.25) is 0 Å². The van der Waals surface area contributed by atoms with Crippen LogP contribution in [0.5, 0.6) is 0 Å². The second-order valence-electron chi connectivity index (χ2n) is 2.95. The summed E-state index contributed by atoms with van der Waals surface area (Å²) < 4.78 is 1.92. The van der Waals surface area contributed by atoms with Crippen LogP contribution in [0.1, 0.15) is 19.5 Å². The largest absolute Gasteiger partial charge is 0.249 e. The first-order chi connectivity index (χ1) is 4.70. The predicted octanol–water partition coefficient (Wildman–Crippen LogP) is 1.24. The molecule has 0 fully saturated rings. The summed E-state index contributed by atoms with van der Waals surface area (Å²) in [5.74, 6) is 0.639. The van der Waals surface area contributed by atoms with Crippen LogP contribution in [0.15, 0.2) is 6.20 Å². The summed E-state index contributed by atoms with van der Waals surface area (Å²) in [5, 5.41) is 7.71. The maximum absolute atomic E-state index is 3.92. The first-order valence-corrected chi connectivity index (χ1v) is 3.55. The molecule has 1 aromatic rings. The van der Waals surface area contributed by atoms with Gasteiger partial charge in [0.25, 0.3) is 0 Å². The molecular weight excluding hydrogens is 126 g/mol. The summed E-state index contributed by atoms with van der Waals surface area (Å²) in [6.45, 7) is 7.32. The van der Waals surface area contributed by atoms with Crippen molar-refractivity contribution in [1.29, 1.82) is 0 Å². The molecule has 0 N–H and O–H groups in total. The van der Waals surface area contributed by atoms with Crippen molar-refractivity contribution in [3.8, 4) is 0 Å². The molecular formula is C7H13N3. The Kier molecular flexibility index (Phi) is 2.04. The van der Waals surface area contributed by atoms with Crippen LogP contribution in [0.2, 0.25) is 0 Å². The average Bonchev–Trinajstić information content (AvgIpc) is 2.15. The third kappa shape index (κ3) is 1.56. The van der Waals surface area contributed by atoms with Crippen LogP contribution in [-0.4, -0.2) is 15.0 Å². The Hall–Kier alpha value is -0.860. The lowest BCUT2D eigenvalue weighted by Gasteiger charge is -2.04. The van der Waals surface area contributed by atoms with Crippen LogP contribution in [-0.2, 0) is 6.54 Å². The van der Waals surface area contributed by atoms with E-state index >= 15 is 0 Å². The molecule has 10 heavy (non-hydrogen) atoms. The first-order valence-electron chi connectivity index (χ1n) is 3.55. The van der Waals surface area contributed by atoms with Gasteiger partial charge in [-0.15, -0.1) is 5.10 Å². The fourth-order valence-electron chi connectivity index (χ4n) is 0.835. The van der Waals surface area contributed by atoms with Crippen molar-refractivity contribution in [2.24, 2.45) is 5.92 Å². The van der Waals surface area contributed by atoms with E-state index in [9.17, 15) is 0 Å².